The Labute approximate surface area is 107 Å². The Morgan fingerprint density at radius 1 is 1.56 bits per heavy atom. The molecule has 0 aromatic carbocycles. The minimum absolute atomic E-state index is 0.440. The molecule has 5 heteroatoms. The molecule has 0 aliphatic carbocycles. The Balaban J connectivity index is 1.87. The predicted molar refractivity (Wildman–Crippen MR) is 71.5 cm³/mol. The highest BCUT2D eigenvalue weighted by atomic mass is 16.1. The van der Waals surface area contributed by atoms with Crippen LogP contribution in [0.1, 0.15) is 29.6 Å². The number of amides is 1. The van der Waals surface area contributed by atoms with Crippen molar-refractivity contribution in [1.29, 1.82) is 0 Å². The minimum Gasteiger partial charge on any atom is -0.369 e. The van der Waals surface area contributed by atoms with Crippen molar-refractivity contribution in [2.45, 2.75) is 25.3 Å². The molecule has 2 rings (SSSR count). The summed E-state index contributed by atoms with van der Waals surface area (Å²) in [5, 5.41) is 3.31. The number of carbonyl (C=O) groups is 1. The van der Waals surface area contributed by atoms with E-state index in [0.717, 1.165) is 12.4 Å². The van der Waals surface area contributed by atoms with Crippen LogP contribution in [0.15, 0.2) is 18.3 Å². The van der Waals surface area contributed by atoms with E-state index in [4.69, 9.17) is 5.73 Å². The van der Waals surface area contributed by atoms with Crippen LogP contribution in [0.25, 0.3) is 0 Å². The van der Waals surface area contributed by atoms with E-state index in [9.17, 15) is 4.79 Å². The van der Waals surface area contributed by atoms with Crippen LogP contribution in [-0.2, 0) is 0 Å². The van der Waals surface area contributed by atoms with Crippen molar-refractivity contribution in [3.05, 3.63) is 23.9 Å². The normalized spacial score (nSPS) is 20.6. The molecule has 1 amide bonds. The second-order valence-electron chi connectivity index (χ2n) is 4.81. The van der Waals surface area contributed by atoms with Gasteiger partial charge < -0.3 is 16.0 Å². The number of nitrogens with zero attached hydrogens (tertiary/aromatic N) is 2. The third-order valence-electron chi connectivity index (χ3n) is 3.49. The lowest BCUT2D eigenvalue weighted by atomic mass is 10.0. The van der Waals surface area contributed by atoms with Crippen LogP contribution in [0, 0.1) is 0 Å². The van der Waals surface area contributed by atoms with Gasteiger partial charge in [-0.2, -0.15) is 0 Å². The van der Waals surface area contributed by atoms with Crippen LogP contribution in [0.3, 0.4) is 0 Å². The van der Waals surface area contributed by atoms with Gasteiger partial charge in [0.2, 0.25) is 5.91 Å². The van der Waals surface area contributed by atoms with Crippen molar-refractivity contribution < 1.29 is 4.79 Å². The standard InChI is InChI=1S/C13H20N4O/c1-17-7-3-2-4-11(17)9-16-12-6-5-10(8-15-12)13(14)18/h5-6,8,11H,2-4,7,9H2,1H3,(H2,14,18)(H,15,16). The van der Waals surface area contributed by atoms with Gasteiger partial charge >= 0.3 is 0 Å². The zero-order valence-corrected chi connectivity index (χ0v) is 10.7. The Hall–Kier alpha value is -1.62. The number of rotatable bonds is 4. The molecule has 1 atom stereocenters. The van der Waals surface area contributed by atoms with Gasteiger partial charge in [-0.1, -0.05) is 6.42 Å². The fraction of sp³-hybridized carbons (Fsp3) is 0.538. The number of anilines is 1. The number of nitrogens with two attached hydrogens (primary N) is 1. The highest BCUT2D eigenvalue weighted by Crippen LogP contribution is 2.15. The molecule has 1 saturated heterocycles. The number of nitrogens with one attached hydrogen (secondary N) is 1. The van der Waals surface area contributed by atoms with Crippen LogP contribution < -0.4 is 11.1 Å². The number of pyridine rings is 1. The average Bonchev–Trinajstić information content (AvgIpc) is 2.38. The highest BCUT2D eigenvalue weighted by molar-refractivity contribution is 5.92. The molecule has 0 radical (unpaired) electrons. The van der Waals surface area contributed by atoms with Crippen molar-refractivity contribution in [2.24, 2.45) is 5.73 Å². The summed E-state index contributed by atoms with van der Waals surface area (Å²) >= 11 is 0. The third-order valence-corrected chi connectivity index (χ3v) is 3.49. The van der Waals surface area contributed by atoms with E-state index in [0.29, 0.717) is 11.6 Å². The third kappa shape index (κ3) is 3.20. The average molecular weight is 248 g/mol. The second-order valence-corrected chi connectivity index (χ2v) is 4.81. The fourth-order valence-corrected chi connectivity index (χ4v) is 2.27. The monoisotopic (exact) mass is 248 g/mol. The van der Waals surface area contributed by atoms with Gasteiger partial charge in [0.25, 0.3) is 0 Å². The maximum absolute atomic E-state index is 10.9. The molecule has 1 aromatic rings. The van der Waals surface area contributed by atoms with Gasteiger partial charge in [-0.25, -0.2) is 4.98 Å². The van der Waals surface area contributed by atoms with E-state index in [1.165, 1.54) is 32.0 Å². The van der Waals surface area contributed by atoms with E-state index >= 15 is 0 Å². The largest absolute Gasteiger partial charge is 0.369 e. The molecule has 0 bridgehead atoms. The first-order valence-corrected chi connectivity index (χ1v) is 6.37. The number of likely N-dealkylation sites (tertiary alicyclic amines) is 1. The summed E-state index contributed by atoms with van der Waals surface area (Å²) < 4.78 is 0. The molecular weight excluding hydrogens is 228 g/mol. The molecule has 1 aliphatic rings. The molecule has 1 aliphatic heterocycles. The fourth-order valence-electron chi connectivity index (χ4n) is 2.27. The molecule has 0 saturated carbocycles. The van der Waals surface area contributed by atoms with Crippen molar-refractivity contribution in [2.75, 3.05) is 25.5 Å². The van der Waals surface area contributed by atoms with Crippen LogP contribution in [-0.4, -0.2) is 42.0 Å². The lowest BCUT2D eigenvalue weighted by Gasteiger charge is -2.32. The summed E-state index contributed by atoms with van der Waals surface area (Å²) in [7, 11) is 2.16. The van der Waals surface area contributed by atoms with Gasteiger partial charge in [0.05, 0.1) is 5.56 Å². The minimum atomic E-state index is -0.443. The first kappa shape index (κ1) is 12.8. The number of piperidine rings is 1. The van der Waals surface area contributed by atoms with Crippen molar-refractivity contribution in [1.82, 2.24) is 9.88 Å². The smallest absolute Gasteiger partial charge is 0.250 e. The highest BCUT2D eigenvalue weighted by Gasteiger charge is 2.18. The molecule has 1 aromatic heterocycles. The SMILES string of the molecule is CN1CCCCC1CNc1ccc(C(N)=O)cn1. The number of likely N-dealkylation sites (N-methyl/N-ethyl adjacent to an activating group) is 1. The number of aromatic nitrogens is 1. The summed E-state index contributed by atoms with van der Waals surface area (Å²) in [6.45, 7) is 2.06. The zero-order valence-electron chi connectivity index (χ0n) is 10.7. The van der Waals surface area contributed by atoms with Crippen molar-refractivity contribution in [3.63, 3.8) is 0 Å². The number of hydrogen-bond donors (Lipinski definition) is 2. The first-order valence-electron chi connectivity index (χ1n) is 6.37. The molecule has 1 fully saturated rings. The Morgan fingerprint density at radius 3 is 3.00 bits per heavy atom. The predicted octanol–water partition coefficient (Wildman–Crippen LogP) is 1.08. The Bertz CT molecular complexity index is 404. The van der Waals surface area contributed by atoms with Crippen LogP contribution in [0.2, 0.25) is 0 Å². The zero-order chi connectivity index (χ0) is 13.0. The topological polar surface area (TPSA) is 71.2 Å². The molecule has 0 spiro atoms. The van der Waals surface area contributed by atoms with Gasteiger partial charge in [0.15, 0.2) is 0 Å². The summed E-state index contributed by atoms with van der Waals surface area (Å²) in [6.07, 6.45) is 5.32. The van der Waals surface area contributed by atoms with Gasteiger partial charge in [-0.05, 0) is 38.6 Å². The summed E-state index contributed by atoms with van der Waals surface area (Å²) in [4.78, 5) is 17.5. The van der Waals surface area contributed by atoms with E-state index in [-0.39, 0.29) is 0 Å². The Kier molecular flexibility index (Phi) is 4.15. The van der Waals surface area contributed by atoms with E-state index in [2.05, 4.69) is 22.2 Å². The van der Waals surface area contributed by atoms with Crippen LogP contribution >= 0.6 is 0 Å². The Morgan fingerprint density at radius 2 is 2.39 bits per heavy atom. The van der Waals surface area contributed by atoms with Gasteiger partial charge in [-0.3, -0.25) is 4.79 Å². The van der Waals surface area contributed by atoms with E-state index in [1.807, 2.05) is 0 Å². The van der Waals surface area contributed by atoms with Gasteiger partial charge in [0, 0.05) is 18.8 Å². The molecule has 3 N–H and O–H groups in total. The van der Waals surface area contributed by atoms with E-state index < -0.39 is 5.91 Å². The maximum Gasteiger partial charge on any atom is 0.250 e. The van der Waals surface area contributed by atoms with Crippen molar-refractivity contribution in [3.8, 4) is 0 Å². The first-order chi connectivity index (χ1) is 8.66. The number of carbonyl (C=O) groups excluding carboxylic acids is 1. The van der Waals surface area contributed by atoms with E-state index in [1.54, 1.807) is 12.1 Å². The summed E-state index contributed by atoms with van der Waals surface area (Å²) in [5.74, 6) is 0.347. The second kappa shape index (κ2) is 5.82. The quantitative estimate of drug-likeness (QED) is 0.836. The molecule has 5 nitrogen and oxygen atoms in total. The maximum atomic E-state index is 10.9. The molecule has 2 heterocycles. The summed E-state index contributed by atoms with van der Waals surface area (Å²) in [6, 6.07) is 4.06. The number of hydrogen-bond acceptors (Lipinski definition) is 4. The van der Waals surface area contributed by atoms with Crippen LogP contribution in [0.4, 0.5) is 5.82 Å². The molecule has 98 valence electrons. The molecular formula is C13H20N4O. The molecule has 18 heavy (non-hydrogen) atoms. The molecule has 1 unspecified atom stereocenters. The lowest BCUT2D eigenvalue weighted by molar-refractivity contribution is 0.1000. The van der Waals surface area contributed by atoms with Gasteiger partial charge in [0.1, 0.15) is 5.82 Å². The number of primary amides is 1. The van der Waals surface area contributed by atoms with Crippen LogP contribution in [0.5, 0.6) is 0 Å². The summed E-state index contributed by atoms with van der Waals surface area (Å²) in [5.41, 5.74) is 5.61. The lowest BCUT2D eigenvalue weighted by Crippen LogP contribution is -2.40. The van der Waals surface area contributed by atoms with Gasteiger partial charge in [-0.15, -0.1) is 0 Å². The van der Waals surface area contributed by atoms with Crippen molar-refractivity contribution >= 4 is 11.7 Å².